The van der Waals surface area contributed by atoms with Gasteiger partial charge in [0.15, 0.2) is 11.6 Å². The Kier molecular flexibility index (Phi) is 2.79. The summed E-state index contributed by atoms with van der Waals surface area (Å²) in [5, 5.41) is 0. The lowest BCUT2D eigenvalue weighted by Crippen LogP contribution is -1.94. The Morgan fingerprint density at radius 3 is 2.50 bits per heavy atom. The van der Waals surface area contributed by atoms with Crippen molar-refractivity contribution in [3.63, 3.8) is 0 Å². The molecule has 0 aliphatic rings. The monoisotopic (exact) mass is 169 g/mol. The van der Waals surface area contributed by atoms with E-state index in [1.54, 1.807) is 6.07 Å². The summed E-state index contributed by atoms with van der Waals surface area (Å²) in [5.41, 5.74) is 0.747. The van der Waals surface area contributed by atoms with Crippen molar-refractivity contribution < 1.29 is 8.78 Å². The van der Waals surface area contributed by atoms with Crippen molar-refractivity contribution in [2.45, 2.75) is 19.3 Å². The van der Waals surface area contributed by atoms with E-state index in [1.807, 2.05) is 6.92 Å². The second kappa shape index (κ2) is 3.65. The summed E-state index contributed by atoms with van der Waals surface area (Å²) in [6.07, 6.45) is 0.824. The van der Waals surface area contributed by atoms with E-state index in [1.165, 1.54) is 6.07 Å². The fourth-order valence-corrected chi connectivity index (χ4v) is 1.00. The highest BCUT2D eigenvalue weighted by atomic mass is 19.2. The van der Waals surface area contributed by atoms with Crippen LogP contribution in [0.4, 0.5) is 8.78 Å². The zero-order valence-electron chi connectivity index (χ0n) is 6.98. The molecular formula is C10H11F2. The van der Waals surface area contributed by atoms with Crippen LogP contribution in [0.25, 0.3) is 0 Å². The zero-order chi connectivity index (χ0) is 9.14. The summed E-state index contributed by atoms with van der Waals surface area (Å²) in [5.74, 6) is -1.56. The third-order valence-electron chi connectivity index (χ3n) is 1.91. The summed E-state index contributed by atoms with van der Waals surface area (Å²) >= 11 is 0. The molecule has 0 bridgehead atoms. The van der Waals surface area contributed by atoms with Crippen LogP contribution in [-0.4, -0.2) is 0 Å². The van der Waals surface area contributed by atoms with E-state index in [2.05, 4.69) is 6.92 Å². The van der Waals surface area contributed by atoms with E-state index in [-0.39, 0.29) is 5.92 Å². The molecule has 0 fully saturated rings. The molecule has 1 radical (unpaired) electrons. The van der Waals surface area contributed by atoms with Crippen LogP contribution >= 0.6 is 0 Å². The molecule has 0 nitrogen and oxygen atoms in total. The number of rotatable bonds is 2. The topological polar surface area (TPSA) is 0 Å². The lowest BCUT2D eigenvalue weighted by molar-refractivity contribution is 0.506. The smallest absolute Gasteiger partial charge is 0.159 e. The van der Waals surface area contributed by atoms with Gasteiger partial charge in [0.05, 0.1) is 0 Å². The van der Waals surface area contributed by atoms with E-state index in [4.69, 9.17) is 0 Å². The first-order valence-corrected chi connectivity index (χ1v) is 3.93. The van der Waals surface area contributed by atoms with Crippen molar-refractivity contribution in [2.75, 3.05) is 0 Å². The molecule has 0 spiro atoms. The van der Waals surface area contributed by atoms with Crippen LogP contribution in [0.15, 0.2) is 18.2 Å². The minimum absolute atomic E-state index is 0.0418. The maximum absolute atomic E-state index is 12.7. The van der Waals surface area contributed by atoms with Crippen molar-refractivity contribution >= 4 is 0 Å². The molecule has 0 heterocycles. The van der Waals surface area contributed by atoms with Crippen LogP contribution in [0.1, 0.15) is 24.8 Å². The SMILES string of the molecule is [CH2]C(CC)c1ccc(F)c(F)c1. The van der Waals surface area contributed by atoms with Crippen molar-refractivity contribution in [1.29, 1.82) is 0 Å². The summed E-state index contributed by atoms with van der Waals surface area (Å²) in [7, 11) is 0. The first kappa shape index (κ1) is 9.17. The van der Waals surface area contributed by atoms with Gasteiger partial charge in [0, 0.05) is 0 Å². The Hall–Kier alpha value is -0.920. The average molecular weight is 169 g/mol. The van der Waals surface area contributed by atoms with Crippen LogP contribution in [0.3, 0.4) is 0 Å². The standard InChI is InChI=1S/C10H11F2/c1-3-7(2)8-4-5-9(11)10(12)6-8/h4-7H,2-3H2,1H3. The van der Waals surface area contributed by atoms with Gasteiger partial charge in [-0.25, -0.2) is 8.78 Å². The van der Waals surface area contributed by atoms with Crippen molar-refractivity contribution in [2.24, 2.45) is 0 Å². The Balaban J connectivity index is 2.96. The van der Waals surface area contributed by atoms with E-state index >= 15 is 0 Å². The predicted molar refractivity (Wildman–Crippen MR) is 44.7 cm³/mol. The normalized spacial score (nSPS) is 13.0. The zero-order valence-corrected chi connectivity index (χ0v) is 6.98. The summed E-state index contributed by atoms with van der Waals surface area (Å²) < 4.78 is 25.1. The Bertz CT molecular complexity index is 269. The molecule has 12 heavy (non-hydrogen) atoms. The third kappa shape index (κ3) is 1.81. The molecule has 0 N–H and O–H groups in total. The van der Waals surface area contributed by atoms with Gasteiger partial charge in [0.1, 0.15) is 0 Å². The average Bonchev–Trinajstić information content (AvgIpc) is 2.08. The second-order valence-corrected chi connectivity index (χ2v) is 2.78. The van der Waals surface area contributed by atoms with Gasteiger partial charge in [-0.15, -0.1) is 0 Å². The molecule has 1 aromatic carbocycles. The van der Waals surface area contributed by atoms with Gasteiger partial charge in [-0.2, -0.15) is 0 Å². The highest BCUT2D eigenvalue weighted by Crippen LogP contribution is 2.19. The van der Waals surface area contributed by atoms with Crippen LogP contribution in [0.5, 0.6) is 0 Å². The first-order chi connectivity index (χ1) is 5.65. The molecule has 0 saturated heterocycles. The molecule has 1 unspecified atom stereocenters. The fourth-order valence-electron chi connectivity index (χ4n) is 1.00. The van der Waals surface area contributed by atoms with Crippen LogP contribution in [-0.2, 0) is 0 Å². The first-order valence-electron chi connectivity index (χ1n) is 3.93. The summed E-state index contributed by atoms with van der Waals surface area (Å²) in [6.45, 7) is 5.77. The lowest BCUT2D eigenvalue weighted by atomic mass is 9.99. The lowest BCUT2D eigenvalue weighted by Gasteiger charge is -2.08. The van der Waals surface area contributed by atoms with Gasteiger partial charge < -0.3 is 0 Å². The quantitative estimate of drug-likeness (QED) is 0.637. The van der Waals surface area contributed by atoms with Gasteiger partial charge in [0.2, 0.25) is 0 Å². The van der Waals surface area contributed by atoms with Crippen molar-refractivity contribution in [1.82, 2.24) is 0 Å². The van der Waals surface area contributed by atoms with Crippen molar-refractivity contribution in [3.8, 4) is 0 Å². The maximum atomic E-state index is 12.7. The molecular weight excluding hydrogens is 158 g/mol. The Morgan fingerprint density at radius 1 is 1.33 bits per heavy atom. The van der Waals surface area contributed by atoms with Crippen LogP contribution < -0.4 is 0 Å². The minimum Gasteiger partial charge on any atom is -0.204 e. The Labute approximate surface area is 71.2 Å². The second-order valence-electron chi connectivity index (χ2n) is 2.78. The van der Waals surface area contributed by atoms with Crippen LogP contribution in [0.2, 0.25) is 0 Å². The molecule has 65 valence electrons. The number of hydrogen-bond donors (Lipinski definition) is 0. The van der Waals surface area contributed by atoms with Crippen molar-refractivity contribution in [3.05, 3.63) is 42.3 Å². The minimum atomic E-state index is -0.804. The molecule has 0 saturated carbocycles. The largest absolute Gasteiger partial charge is 0.204 e. The molecule has 0 amide bonds. The third-order valence-corrected chi connectivity index (χ3v) is 1.91. The Morgan fingerprint density at radius 2 is 2.00 bits per heavy atom. The summed E-state index contributed by atoms with van der Waals surface area (Å²) in [6, 6.07) is 3.91. The number of halogens is 2. The highest BCUT2D eigenvalue weighted by molar-refractivity contribution is 5.22. The highest BCUT2D eigenvalue weighted by Gasteiger charge is 2.06. The van der Waals surface area contributed by atoms with Gasteiger partial charge in [0.25, 0.3) is 0 Å². The van der Waals surface area contributed by atoms with E-state index in [0.717, 1.165) is 18.1 Å². The van der Waals surface area contributed by atoms with Gasteiger partial charge in [-0.05, 0) is 37.0 Å². The molecule has 1 rings (SSSR count). The molecule has 1 aromatic rings. The van der Waals surface area contributed by atoms with E-state index in [9.17, 15) is 8.78 Å². The predicted octanol–water partition coefficient (Wildman–Crippen LogP) is 3.29. The maximum Gasteiger partial charge on any atom is 0.159 e. The molecule has 2 heteroatoms. The van der Waals surface area contributed by atoms with Gasteiger partial charge in [-0.1, -0.05) is 13.0 Å². The van der Waals surface area contributed by atoms with E-state index < -0.39 is 11.6 Å². The van der Waals surface area contributed by atoms with E-state index in [0.29, 0.717) is 0 Å². The molecule has 0 aliphatic carbocycles. The number of benzene rings is 1. The summed E-state index contributed by atoms with van der Waals surface area (Å²) in [4.78, 5) is 0. The van der Waals surface area contributed by atoms with Gasteiger partial charge in [-0.3, -0.25) is 0 Å². The molecule has 1 atom stereocenters. The number of hydrogen-bond acceptors (Lipinski definition) is 0. The van der Waals surface area contributed by atoms with Crippen LogP contribution in [0, 0.1) is 18.6 Å². The molecule has 0 aliphatic heterocycles. The van der Waals surface area contributed by atoms with Gasteiger partial charge >= 0.3 is 0 Å². The molecule has 0 aromatic heterocycles. The fraction of sp³-hybridized carbons (Fsp3) is 0.300.